The normalized spacial score (nSPS) is 17.7. The molecule has 0 aromatic heterocycles. The van der Waals surface area contributed by atoms with E-state index in [1.165, 1.54) is 0 Å². The molecule has 0 atom stereocenters. The van der Waals surface area contributed by atoms with E-state index in [1.807, 2.05) is 27.7 Å². The molecule has 0 radical (unpaired) electrons. The highest BCUT2D eigenvalue weighted by Gasteiger charge is 2.35. The molecule has 0 heterocycles. The number of oxime groups is 1. The Morgan fingerprint density at radius 1 is 1.29 bits per heavy atom. The monoisotopic (exact) mass is 334 g/mol. The summed E-state index contributed by atoms with van der Waals surface area (Å²) in [5, 5.41) is 7.09. The van der Waals surface area contributed by atoms with E-state index in [-0.39, 0.29) is 23.7 Å². The summed E-state index contributed by atoms with van der Waals surface area (Å²) in [7, 11) is 0. The molecular weight excluding hydrogens is 304 g/mol. The van der Waals surface area contributed by atoms with Gasteiger partial charge in [0.2, 0.25) is 5.91 Å². The smallest absolute Gasteiger partial charge is 0.224 e. The van der Waals surface area contributed by atoms with Gasteiger partial charge in [-0.3, -0.25) is 9.59 Å². The van der Waals surface area contributed by atoms with E-state index in [0.717, 1.165) is 12.8 Å². The quantitative estimate of drug-likeness (QED) is 0.301. The molecule has 0 bridgehead atoms. The van der Waals surface area contributed by atoms with E-state index in [4.69, 9.17) is 4.84 Å². The summed E-state index contributed by atoms with van der Waals surface area (Å²) in [6, 6.07) is 0. The number of nitrogens with zero attached hydrogens (tertiary/aromatic N) is 1. The summed E-state index contributed by atoms with van der Waals surface area (Å²) < 4.78 is 0. The molecule has 1 N–H and O–H groups in total. The highest BCUT2D eigenvalue weighted by Crippen LogP contribution is 2.36. The van der Waals surface area contributed by atoms with Crippen molar-refractivity contribution in [2.24, 2.45) is 10.6 Å². The number of allylic oxidation sites excluding steroid dienone is 2. The third-order valence-electron chi connectivity index (χ3n) is 3.78. The summed E-state index contributed by atoms with van der Waals surface area (Å²) in [6.45, 7) is 11.9. The van der Waals surface area contributed by atoms with Crippen LogP contribution in [0.1, 0.15) is 66.2 Å². The minimum Gasteiger partial charge on any atom is -0.391 e. The standard InChI is InChI=1S/C19H30N2O3/c1-6-9-14(21-24-11-8-3)18-15(20-17(23)10-7-2)12-19(4,5)13-16(18)22/h8H,3,6-7,9-13H2,1-2,4-5H3,(H,20,23). The maximum atomic E-state index is 12.7. The molecule has 0 unspecified atom stereocenters. The number of hydrogen-bond donors (Lipinski definition) is 1. The van der Waals surface area contributed by atoms with Crippen LogP contribution in [-0.2, 0) is 14.4 Å². The second-order valence-corrected chi connectivity index (χ2v) is 6.97. The zero-order valence-electron chi connectivity index (χ0n) is 15.4. The van der Waals surface area contributed by atoms with Crippen LogP contribution in [0.15, 0.2) is 29.1 Å². The molecule has 0 aliphatic heterocycles. The van der Waals surface area contributed by atoms with Gasteiger partial charge in [-0.25, -0.2) is 0 Å². The fourth-order valence-electron chi connectivity index (χ4n) is 2.84. The van der Waals surface area contributed by atoms with Gasteiger partial charge in [0.05, 0.1) is 11.3 Å². The molecule has 1 aliphatic rings. The van der Waals surface area contributed by atoms with Crippen LogP contribution in [-0.4, -0.2) is 24.0 Å². The van der Waals surface area contributed by atoms with E-state index in [9.17, 15) is 9.59 Å². The first-order valence-electron chi connectivity index (χ1n) is 8.71. The molecule has 1 amide bonds. The van der Waals surface area contributed by atoms with Crippen molar-refractivity contribution in [3.05, 3.63) is 23.9 Å². The molecule has 1 rings (SSSR count). The predicted molar refractivity (Wildman–Crippen MR) is 96.6 cm³/mol. The van der Waals surface area contributed by atoms with Crippen molar-refractivity contribution in [2.45, 2.75) is 66.2 Å². The Kier molecular flexibility index (Phi) is 7.89. The van der Waals surface area contributed by atoms with Crippen LogP contribution < -0.4 is 5.32 Å². The fourth-order valence-corrected chi connectivity index (χ4v) is 2.84. The molecule has 0 aromatic carbocycles. The molecule has 0 saturated carbocycles. The summed E-state index contributed by atoms with van der Waals surface area (Å²) in [4.78, 5) is 30.0. The van der Waals surface area contributed by atoms with Crippen molar-refractivity contribution in [2.75, 3.05) is 6.61 Å². The Labute approximate surface area is 145 Å². The van der Waals surface area contributed by atoms with E-state index >= 15 is 0 Å². The van der Waals surface area contributed by atoms with Crippen LogP contribution in [0.2, 0.25) is 0 Å². The van der Waals surface area contributed by atoms with E-state index < -0.39 is 0 Å². The number of carbonyl (C=O) groups is 2. The molecule has 5 heteroatoms. The lowest BCUT2D eigenvalue weighted by atomic mass is 9.74. The third kappa shape index (κ3) is 5.95. The molecular formula is C19H30N2O3. The Balaban J connectivity index is 3.25. The van der Waals surface area contributed by atoms with E-state index in [0.29, 0.717) is 42.7 Å². The molecule has 0 aromatic rings. The summed E-state index contributed by atoms with van der Waals surface area (Å²) >= 11 is 0. The van der Waals surface area contributed by atoms with Gasteiger partial charge in [0.15, 0.2) is 5.78 Å². The Hall–Kier alpha value is -1.91. The van der Waals surface area contributed by atoms with Crippen molar-refractivity contribution in [3.8, 4) is 0 Å². The maximum absolute atomic E-state index is 12.7. The number of Topliss-reactive ketones (excluding diaryl/α,β-unsaturated/α-hetero) is 1. The minimum atomic E-state index is -0.172. The van der Waals surface area contributed by atoms with Gasteiger partial charge in [-0.2, -0.15) is 0 Å². The van der Waals surface area contributed by atoms with Crippen molar-refractivity contribution in [1.82, 2.24) is 5.32 Å². The Morgan fingerprint density at radius 2 is 1.96 bits per heavy atom. The van der Waals surface area contributed by atoms with Crippen LogP contribution in [0.25, 0.3) is 0 Å². The molecule has 0 spiro atoms. The number of rotatable bonds is 9. The van der Waals surface area contributed by atoms with Crippen molar-refractivity contribution in [1.29, 1.82) is 0 Å². The number of hydrogen-bond acceptors (Lipinski definition) is 4. The maximum Gasteiger partial charge on any atom is 0.224 e. The van der Waals surface area contributed by atoms with Gasteiger partial charge >= 0.3 is 0 Å². The van der Waals surface area contributed by atoms with E-state index in [2.05, 4.69) is 17.1 Å². The first kappa shape index (κ1) is 20.1. The van der Waals surface area contributed by atoms with Crippen molar-refractivity contribution < 1.29 is 14.4 Å². The highest BCUT2D eigenvalue weighted by atomic mass is 16.6. The molecule has 0 fully saturated rings. The van der Waals surface area contributed by atoms with Crippen LogP contribution in [0.4, 0.5) is 0 Å². The highest BCUT2D eigenvalue weighted by molar-refractivity contribution is 6.23. The Bertz CT molecular complexity index is 545. The Morgan fingerprint density at radius 3 is 2.54 bits per heavy atom. The molecule has 134 valence electrons. The number of carbonyl (C=O) groups excluding carboxylic acids is 2. The zero-order chi connectivity index (χ0) is 18.2. The number of amides is 1. The zero-order valence-corrected chi connectivity index (χ0v) is 15.4. The average molecular weight is 334 g/mol. The topological polar surface area (TPSA) is 67.8 Å². The van der Waals surface area contributed by atoms with Gasteiger partial charge in [-0.15, -0.1) is 0 Å². The fraction of sp³-hybridized carbons (Fsp3) is 0.632. The molecule has 24 heavy (non-hydrogen) atoms. The number of ketones is 1. The summed E-state index contributed by atoms with van der Waals surface area (Å²) in [5.41, 5.74) is 1.66. The first-order valence-corrected chi connectivity index (χ1v) is 8.71. The van der Waals surface area contributed by atoms with Gasteiger partial charge in [0, 0.05) is 18.5 Å². The second-order valence-electron chi connectivity index (χ2n) is 6.97. The number of nitrogens with one attached hydrogen (secondary N) is 1. The average Bonchev–Trinajstić information content (AvgIpc) is 2.45. The van der Waals surface area contributed by atoms with Gasteiger partial charge < -0.3 is 10.2 Å². The lowest BCUT2D eigenvalue weighted by Gasteiger charge is -2.32. The van der Waals surface area contributed by atoms with E-state index in [1.54, 1.807) is 6.08 Å². The van der Waals surface area contributed by atoms with Gasteiger partial charge in [-0.1, -0.05) is 51.9 Å². The van der Waals surface area contributed by atoms with Crippen molar-refractivity contribution in [3.63, 3.8) is 0 Å². The molecule has 5 nitrogen and oxygen atoms in total. The van der Waals surface area contributed by atoms with Crippen LogP contribution in [0, 0.1) is 5.41 Å². The van der Waals surface area contributed by atoms with Gasteiger partial charge in [0.1, 0.15) is 6.61 Å². The van der Waals surface area contributed by atoms with Crippen LogP contribution >= 0.6 is 0 Å². The SMILES string of the molecule is C=CCON=C(CCC)C1=C(NC(=O)CCC)CC(C)(C)CC1=O. The third-order valence-corrected chi connectivity index (χ3v) is 3.78. The predicted octanol–water partition coefficient (Wildman–Crippen LogP) is 3.90. The largest absolute Gasteiger partial charge is 0.391 e. The summed E-state index contributed by atoms with van der Waals surface area (Å²) in [5.74, 6) is -0.0363. The first-order chi connectivity index (χ1) is 11.3. The minimum absolute atomic E-state index is 0.0208. The van der Waals surface area contributed by atoms with Crippen LogP contribution in [0.3, 0.4) is 0 Å². The van der Waals surface area contributed by atoms with Gasteiger partial charge in [-0.05, 0) is 24.7 Å². The van der Waals surface area contributed by atoms with Gasteiger partial charge in [0.25, 0.3) is 0 Å². The molecule has 1 aliphatic carbocycles. The molecule has 0 saturated heterocycles. The summed E-state index contributed by atoms with van der Waals surface area (Å²) in [6.07, 6.45) is 5.38. The van der Waals surface area contributed by atoms with Crippen LogP contribution in [0.5, 0.6) is 0 Å². The lowest BCUT2D eigenvalue weighted by molar-refractivity contribution is -0.120. The lowest BCUT2D eigenvalue weighted by Crippen LogP contribution is -2.36. The second kappa shape index (κ2) is 9.40. The van der Waals surface area contributed by atoms with Crippen molar-refractivity contribution >= 4 is 17.4 Å².